The zero-order valence-corrected chi connectivity index (χ0v) is 11.4. The van der Waals surface area contributed by atoms with Crippen molar-refractivity contribution in [3.05, 3.63) is 54.1 Å². The minimum atomic E-state index is -4.40. The monoisotopic (exact) mass is 295 g/mol. The van der Waals surface area contributed by atoms with Gasteiger partial charge in [-0.15, -0.1) is 0 Å². The summed E-state index contributed by atoms with van der Waals surface area (Å²) in [7, 11) is 0. The molecule has 21 heavy (non-hydrogen) atoms. The molecule has 0 heterocycles. The number of hydrogen-bond donors (Lipinski definition) is 1. The molecule has 0 spiro atoms. The van der Waals surface area contributed by atoms with Crippen molar-refractivity contribution >= 4 is 0 Å². The SMILES string of the molecule is NCCCOc1ccccc1-c1ccccc1C(F)(F)F. The van der Waals surface area contributed by atoms with E-state index in [1.807, 2.05) is 0 Å². The number of hydrogen-bond acceptors (Lipinski definition) is 2. The topological polar surface area (TPSA) is 35.2 Å². The maximum Gasteiger partial charge on any atom is 0.417 e. The quantitative estimate of drug-likeness (QED) is 0.843. The molecule has 2 aromatic rings. The van der Waals surface area contributed by atoms with Gasteiger partial charge >= 0.3 is 6.18 Å². The summed E-state index contributed by atoms with van der Waals surface area (Å²) in [4.78, 5) is 0. The van der Waals surface area contributed by atoms with E-state index < -0.39 is 11.7 Å². The van der Waals surface area contributed by atoms with Crippen LogP contribution >= 0.6 is 0 Å². The molecule has 2 nitrogen and oxygen atoms in total. The average molecular weight is 295 g/mol. The molecule has 0 bridgehead atoms. The van der Waals surface area contributed by atoms with Crippen molar-refractivity contribution < 1.29 is 17.9 Å². The summed E-state index contributed by atoms with van der Waals surface area (Å²) >= 11 is 0. The maximum atomic E-state index is 13.1. The first-order valence-electron chi connectivity index (χ1n) is 6.62. The van der Waals surface area contributed by atoms with Crippen LogP contribution in [0.3, 0.4) is 0 Å². The van der Waals surface area contributed by atoms with Crippen LogP contribution in [-0.4, -0.2) is 13.2 Å². The molecule has 0 aromatic heterocycles. The first kappa shape index (κ1) is 15.4. The zero-order valence-electron chi connectivity index (χ0n) is 11.4. The molecule has 0 atom stereocenters. The molecule has 0 unspecified atom stereocenters. The van der Waals surface area contributed by atoms with E-state index in [1.165, 1.54) is 12.1 Å². The summed E-state index contributed by atoms with van der Waals surface area (Å²) in [5.41, 5.74) is 5.28. The average Bonchev–Trinajstić information content (AvgIpc) is 2.47. The highest BCUT2D eigenvalue weighted by Crippen LogP contribution is 2.40. The number of alkyl halides is 3. The molecule has 0 saturated heterocycles. The first-order chi connectivity index (χ1) is 10.0. The van der Waals surface area contributed by atoms with Crippen LogP contribution in [0, 0.1) is 0 Å². The molecule has 0 aliphatic rings. The van der Waals surface area contributed by atoms with Crippen molar-refractivity contribution in [2.24, 2.45) is 5.73 Å². The Hall–Kier alpha value is -2.01. The number of ether oxygens (including phenoxy) is 1. The van der Waals surface area contributed by atoms with Crippen LogP contribution in [-0.2, 0) is 6.18 Å². The van der Waals surface area contributed by atoms with Gasteiger partial charge in [-0.25, -0.2) is 0 Å². The third-order valence-electron chi connectivity index (χ3n) is 3.02. The second kappa shape index (κ2) is 6.63. The van der Waals surface area contributed by atoms with Gasteiger partial charge in [0.25, 0.3) is 0 Å². The van der Waals surface area contributed by atoms with E-state index >= 15 is 0 Å². The Morgan fingerprint density at radius 3 is 2.19 bits per heavy atom. The Bertz CT molecular complexity index is 596. The maximum absolute atomic E-state index is 13.1. The second-order valence-corrected chi connectivity index (χ2v) is 4.53. The largest absolute Gasteiger partial charge is 0.493 e. The van der Waals surface area contributed by atoms with Crippen molar-refractivity contribution in [2.45, 2.75) is 12.6 Å². The van der Waals surface area contributed by atoms with E-state index in [4.69, 9.17) is 10.5 Å². The lowest BCUT2D eigenvalue weighted by Gasteiger charge is -2.16. The summed E-state index contributed by atoms with van der Waals surface area (Å²) in [6.45, 7) is 0.850. The van der Waals surface area contributed by atoms with E-state index in [0.29, 0.717) is 30.9 Å². The van der Waals surface area contributed by atoms with Gasteiger partial charge in [0.2, 0.25) is 0 Å². The van der Waals surface area contributed by atoms with Gasteiger partial charge in [0, 0.05) is 5.56 Å². The third-order valence-corrected chi connectivity index (χ3v) is 3.02. The number of benzene rings is 2. The summed E-state index contributed by atoms with van der Waals surface area (Å²) < 4.78 is 44.9. The highest BCUT2D eigenvalue weighted by atomic mass is 19.4. The van der Waals surface area contributed by atoms with Gasteiger partial charge in [0.1, 0.15) is 5.75 Å². The Morgan fingerprint density at radius 2 is 1.52 bits per heavy atom. The standard InChI is InChI=1S/C16H16F3NO/c17-16(18,19)14-8-3-1-6-12(14)13-7-2-4-9-15(13)21-11-5-10-20/h1-4,6-9H,5,10-11,20H2. The van der Waals surface area contributed by atoms with E-state index in [-0.39, 0.29) is 5.56 Å². The van der Waals surface area contributed by atoms with Crippen LogP contribution < -0.4 is 10.5 Å². The van der Waals surface area contributed by atoms with E-state index in [1.54, 1.807) is 30.3 Å². The van der Waals surface area contributed by atoms with Gasteiger partial charge in [-0.1, -0.05) is 36.4 Å². The summed E-state index contributed by atoms with van der Waals surface area (Å²) in [5.74, 6) is 0.433. The zero-order chi connectivity index (χ0) is 15.3. The minimum absolute atomic E-state index is 0.119. The predicted octanol–water partition coefficient (Wildman–Crippen LogP) is 4.10. The second-order valence-electron chi connectivity index (χ2n) is 4.53. The van der Waals surface area contributed by atoms with Gasteiger partial charge < -0.3 is 10.5 Å². The van der Waals surface area contributed by atoms with Crippen LogP contribution in [0.15, 0.2) is 48.5 Å². The van der Waals surface area contributed by atoms with Crippen molar-refractivity contribution in [2.75, 3.05) is 13.2 Å². The van der Waals surface area contributed by atoms with Gasteiger partial charge in [-0.3, -0.25) is 0 Å². The molecule has 0 amide bonds. The van der Waals surface area contributed by atoms with Crippen LogP contribution in [0.4, 0.5) is 13.2 Å². The Morgan fingerprint density at radius 1 is 0.905 bits per heavy atom. The van der Waals surface area contributed by atoms with Crippen molar-refractivity contribution in [3.8, 4) is 16.9 Å². The summed E-state index contributed by atoms with van der Waals surface area (Å²) in [5, 5.41) is 0. The van der Waals surface area contributed by atoms with Crippen LogP contribution in [0.25, 0.3) is 11.1 Å². The van der Waals surface area contributed by atoms with Crippen molar-refractivity contribution in [1.82, 2.24) is 0 Å². The predicted molar refractivity (Wildman–Crippen MR) is 76.0 cm³/mol. The molecule has 0 aliphatic heterocycles. The van der Waals surface area contributed by atoms with Crippen LogP contribution in [0.2, 0.25) is 0 Å². The minimum Gasteiger partial charge on any atom is -0.493 e. The van der Waals surface area contributed by atoms with Gasteiger partial charge in [-0.05, 0) is 30.7 Å². The molecule has 112 valence electrons. The Balaban J connectivity index is 2.43. The molecule has 2 N–H and O–H groups in total. The molecule has 0 saturated carbocycles. The van der Waals surface area contributed by atoms with Gasteiger partial charge in [0.05, 0.1) is 12.2 Å². The lowest BCUT2D eigenvalue weighted by molar-refractivity contribution is -0.137. The van der Waals surface area contributed by atoms with Crippen LogP contribution in [0.5, 0.6) is 5.75 Å². The first-order valence-corrected chi connectivity index (χ1v) is 6.62. The van der Waals surface area contributed by atoms with Crippen molar-refractivity contribution in [3.63, 3.8) is 0 Å². The molecule has 0 aliphatic carbocycles. The van der Waals surface area contributed by atoms with Gasteiger partial charge in [-0.2, -0.15) is 13.2 Å². The molecular formula is C16H16F3NO. The van der Waals surface area contributed by atoms with E-state index in [2.05, 4.69) is 0 Å². The molecular weight excluding hydrogens is 279 g/mol. The number of rotatable bonds is 5. The molecule has 2 rings (SSSR count). The molecule has 0 radical (unpaired) electrons. The summed E-state index contributed by atoms with van der Waals surface area (Å²) in [6, 6.07) is 12.2. The Kier molecular flexibility index (Phi) is 4.85. The highest BCUT2D eigenvalue weighted by molar-refractivity contribution is 5.73. The fourth-order valence-electron chi connectivity index (χ4n) is 2.05. The lowest BCUT2D eigenvalue weighted by atomic mass is 9.98. The highest BCUT2D eigenvalue weighted by Gasteiger charge is 2.33. The van der Waals surface area contributed by atoms with Crippen molar-refractivity contribution in [1.29, 1.82) is 0 Å². The fraction of sp³-hybridized carbons (Fsp3) is 0.250. The molecule has 5 heteroatoms. The van der Waals surface area contributed by atoms with E-state index in [0.717, 1.165) is 6.07 Å². The lowest BCUT2D eigenvalue weighted by Crippen LogP contribution is -2.09. The Labute approximate surface area is 121 Å². The molecule has 2 aromatic carbocycles. The summed E-state index contributed by atoms with van der Waals surface area (Å²) in [6.07, 6.45) is -3.75. The van der Waals surface area contributed by atoms with Crippen LogP contribution in [0.1, 0.15) is 12.0 Å². The fourth-order valence-corrected chi connectivity index (χ4v) is 2.05. The van der Waals surface area contributed by atoms with E-state index in [9.17, 15) is 13.2 Å². The number of nitrogens with two attached hydrogens (primary N) is 1. The number of para-hydroxylation sites is 1. The third kappa shape index (κ3) is 3.76. The van der Waals surface area contributed by atoms with Gasteiger partial charge in [0.15, 0.2) is 0 Å². The normalized spacial score (nSPS) is 11.4. The smallest absolute Gasteiger partial charge is 0.417 e. The number of halogens is 3. The molecule has 0 fully saturated rings.